The van der Waals surface area contributed by atoms with E-state index in [1.54, 1.807) is 9.80 Å². The molecule has 16 nitrogen and oxygen atoms in total. The average molecular weight is 824 g/mol. The van der Waals surface area contributed by atoms with E-state index in [9.17, 15) is 19.2 Å². The van der Waals surface area contributed by atoms with E-state index in [-0.39, 0.29) is 59.8 Å². The van der Waals surface area contributed by atoms with Crippen molar-refractivity contribution >= 4 is 47.2 Å². The van der Waals surface area contributed by atoms with Crippen molar-refractivity contribution in [3.05, 3.63) is 33.3 Å². The quantitative estimate of drug-likeness (QED) is 0.190. The summed E-state index contributed by atoms with van der Waals surface area (Å²) in [5.41, 5.74) is 0.437. The number of aromatic amines is 2. The maximum Gasteiger partial charge on any atom is 0.410 e. The topological polar surface area (TPSA) is 199 Å². The molecule has 0 aromatic carbocycles. The molecule has 0 radical (unpaired) electrons. The number of aryl methyl sites for hydroxylation is 2. The molecule has 6 N–H and O–H groups in total. The summed E-state index contributed by atoms with van der Waals surface area (Å²) in [5.74, 6) is -0.108. The van der Waals surface area contributed by atoms with Crippen molar-refractivity contribution in [2.45, 2.75) is 154 Å². The molecule has 6 rings (SSSR count). The first kappa shape index (κ1) is 43.5. The van der Waals surface area contributed by atoms with Crippen LogP contribution in [-0.4, -0.2) is 127 Å². The molecule has 2 aromatic heterocycles. The Morgan fingerprint density at radius 1 is 0.643 bits per heavy atom. The third-order valence-electron chi connectivity index (χ3n) is 9.81. The number of nitrogens with one attached hydrogen (secondary N) is 6. The van der Waals surface area contributed by atoms with Crippen LogP contribution < -0.4 is 21.3 Å². The smallest absolute Gasteiger partial charge is 0.410 e. The van der Waals surface area contributed by atoms with Crippen molar-refractivity contribution in [2.24, 2.45) is 0 Å². The lowest BCUT2D eigenvalue weighted by Gasteiger charge is -2.39. The highest BCUT2D eigenvalue weighted by molar-refractivity contribution is 6.30. The molecule has 2 saturated carbocycles. The summed E-state index contributed by atoms with van der Waals surface area (Å²) in [5, 5.41) is 13.9. The lowest BCUT2D eigenvalue weighted by atomic mass is 9.99. The summed E-state index contributed by atoms with van der Waals surface area (Å²) in [7, 11) is 0. The molecular formula is C38H60Cl2N10O6. The summed E-state index contributed by atoms with van der Waals surface area (Å²) in [4.78, 5) is 67.8. The van der Waals surface area contributed by atoms with Gasteiger partial charge in [-0.3, -0.25) is 9.59 Å². The number of amides is 4. The monoisotopic (exact) mass is 822 g/mol. The van der Waals surface area contributed by atoms with E-state index < -0.39 is 11.2 Å². The van der Waals surface area contributed by atoms with Crippen LogP contribution in [0.1, 0.15) is 127 Å². The van der Waals surface area contributed by atoms with Crippen LogP contribution in [-0.2, 0) is 22.3 Å². The second-order valence-corrected chi connectivity index (χ2v) is 17.8. The number of ether oxygens (including phenoxy) is 2. The maximum absolute atomic E-state index is 12.6. The van der Waals surface area contributed by atoms with Gasteiger partial charge in [0.25, 0.3) is 11.8 Å². The molecule has 0 unspecified atom stereocenters. The molecule has 4 heterocycles. The zero-order valence-electron chi connectivity index (χ0n) is 33.9. The molecule has 2 aliphatic carbocycles. The number of nitrogens with zero attached hydrogens (tertiary/aromatic N) is 4. The highest BCUT2D eigenvalue weighted by atomic mass is 35.5. The molecule has 18 heteroatoms. The van der Waals surface area contributed by atoms with Gasteiger partial charge in [0.2, 0.25) is 0 Å². The van der Waals surface area contributed by atoms with Crippen LogP contribution in [0.15, 0.2) is 0 Å². The van der Waals surface area contributed by atoms with Gasteiger partial charge in [-0.2, -0.15) is 0 Å². The summed E-state index contributed by atoms with van der Waals surface area (Å²) in [6.07, 6.45) is 6.51. The number of carbonyl (C=O) groups is 4. The third-order valence-corrected chi connectivity index (χ3v) is 10.4. The van der Waals surface area contributed by atoms with E-state index >= 15 is 0 Å². The van der Waals surface area contributed by atoms with Crippen LogP contribution in [0, 0.1) is 0 Å². The highest BCUT2D eigenvalue weighted by Crippen LogP contribution is 2.25. The number of aromatic nitrogens is 4. The normalized spacial score (nSPS) is 22.8. The highest BCUT2D eigenvalue weighted by Gasteiger charge is 2.39. The third kappa shape index (κ3) is 12.7. The Bertz CT molecular complexity index is 1570. The van der Waals surface area contributed by atoms with Crippen molar-refractivity contribution in [1.82, 2.24) is 51.0 Å². The molecule has 4 atom stereocenters. The van der Waals surface area contributed by atoms with E-state index in [4.69, 9.17) is 32.7 Å². The summed E-state index contributed by atoms with van der Waals surface area (Å²) in [6.45, 7) is 17.1. The predicted octanol–water partition coefficient (Wildman–Crippen LogP) is 4.97. The van der Waals surface area contributed by atoms with Gasteiger partial charge in [0.1, 0.15) is 11.2 Å². The van der Waals surface area contributed by atoms with Crippen molar-refractivity contribution in [1.29, 1.82) is 0 Å². The van der Waals surface area contributed by atoms with Crippen LogP contribution in [0.25, 0.3) is 0 Å². The number of halogens is 2. The zero-order valence-corrected chi connectivity index (χ0v) is 35.5. The molecular weight excluding hydrogens is 763 g/mol. The van der Waals surface area contributed by atoms with Crippen molar-refractivity contribution in [3.8, 4) is 0 Å². The van der Waals surface area contributed by atoms with Crippen LogP contribution >= 0.6 is 23.2 Å². The number of likely N-dealkylation sites (tertiary alicyclic amines) is 2. The lowest BCUT2D eigenvalue weighted by Crippen LogP contribution is -2.61. The van der Waals surface area contributed by atoms with E-state index in [1.165, 1.54) is 0 Å². The average Bonchev–Trinajstić information content (AvgIpc) is 4.04. The molecule has 2 saturated heterocycles. The van der Waals surface area contributed by atoms with Crippen molar-refractivity contribution in [2.75, 3.05) is 26.2 Å². The molecule has 0 bridgehead atoms. The number of piperidine rings is 2. The van der Waals surface area contributed by atoms with Crippen molar-refractivity contribution in [3.63, 3.8) is 0 Å². The van der Waals surface area contributed by atoms with Gasteiger partial charge in [0.15, 0.2) is 22.0 Å². The Balaban J connectivity index is 0.000000214. The summed E-state index contributed by atoms with van der Waals surface area (Å²) in [6, 6.07) is 0.643. The fraction of sp³-hybridized carbons (Fsp3) is 0.737. The van der Waals surface area contributed by atoms with Crippen molar-refractivity contribution < 1.29 is 28.7 Å². The van der Waals surface area contributed by atoms with Gasteiger partial charge in [-0.25, -0.2) is 19.6 Å². The minimum atomic E-state index is -0.531. The molecule has 4 aliphatic rings. The van der Waals surface area contributed by atoms with E-state index in [2.05, 4.69) is 41.2 Å². The fourth-order valence-electron chi connectivity index (χ4n) is 6.61. The first-order valence-electron chi connectivity index (χ1n) is 19.9. The van der Waals surface area contributed by atoms with Gasteiger partial charge in [-0.1, -0.05) is 37.0 Å². The molecule has 56 heavy (non-hydrogen) atoms. The van der Waals surface area contributed by atoms with Crippen LogP contribution in [0.3, 0.4) is 0 Å². The molecule has 4 amide bonds. The van der Waals surface area contributed by atoms with E-state index in [0.29, 0.717) is 74.3 Å². The Morgan fingerprint density at radius 3 is 1.29 bits per heavy atom. The number of H-pyrrole nitrogens is 2. The van der Waals surface area contributed by atoms with Crippen LogP contribution in [0.4, 0.5) is 9.59 Å². The standard InChI is InChI=1S/2C19H30ClN5O3/c2*1-5-12-15(20)24-16(22-12)17(26)23-13-8-9-25(18(27)28-19(2,3)4)10-14(13)21-11-6-7-11/h2*11,13-14,21H,5-10H2,1-4H3,(H,22,24)(H,23,26)/t13-,14+;13-,14-/m01/s1. The van der Waals surface area contributed by atoms with Gasteiger partial charge in [0, 0.05) is 62.4 Å². The Hall–Kier alpha value is -3.60. The van der Waals surface area contributed by atoms with Gasteiger partial charge in [-0.05, 0) is 92.9 Å². The van der Waals surface area contributed by atoms with Gasteiger partial charge >= 0.3 is 12.2 Å². The number of hydrogen-bond donors (Lipinski definition) is 6. The summed E-state index contributed by atoms with van der Waals surface area (Å²) >= 11 is 12.1. The second-order valence-electron chi connectivity index (χ2n) is 17.1. The number of hydrogen-bond acceptors (Lipinski definition) is 10. The first-order chi connectivity index (χ1) is 26.3. The van der Waals surface area contributed by atoms with Crippen LogP contribution in [0.2, 0.25) is 10.3 Å². The minimum absolute atomic E-state index is 0.0335. The Morgan fingerprint density at radius 2 is 1.00 bits per heavy atom. The minimum Gasteiger partial charge on any atom is -0.444 e. The molecule has 2 aromatic rings. The fourth-order valence-corrected chi connectivity index (χ4v) is 7.14. The predicted molar refractivity (Wildman–Crippen MR) is 213 cm³/mol. The van der Waals surface area contributed by atoms with E-state index in [0.717, 1.165) is 37.1 Å². The van der Waals surface area contributed by atoms with E-state index in [1.807, 2.05) is 55.4 Å². The zero-order chi connectivity index (χ0) is 40.9. The number of imidazole rings is 2. The van der Waals surface area contributed by atoms with Crippen LogP contribution in [0.5, 0.6) is 0 Å². The largest absolute Gasteiger partial charge is 0.444 e. The second kappa shape index (κ2) is 18.3. The molecule has 2 aliphatic heterocycles. The maximum atomic E-state index is 12.6. The number of carbonyl (C=O) groups excluding carboxylic acids is 4. The molecule has 4 fully saturated rings. The number of rotatable bonds is 10. The lowest BCUT2D eigenvalue weighted by molar-refractivity contribution is 0.0151. The Kier molecular flexibility index (Phi) is 14.2. The Labute approximate surface area is 339 Å². The summed E-state index contributed by atoms with van der Waals surface area (Å²) < 4.78 is 11.0. The SMILES string of the molecule is CCc1[nH]c(C(=O)N[C@@H]2CCN(C(=O)OC(C)(C)C)C[C@H]2NC2CC2)nc1Cl.CCc1[nH]c(C(=O)N[C@H]2CCN(C(=O)OC(C)(C)C)C[C@H]2NC2CC2)nc1Cl. The molecule has 0 spiro atoms. The first-order valence-corrected chi connectivity index (χ1v) is 20.7. The van der Waals surface area contributed by atoms with Gasteiger partial charge < -0.3 is 50.5 Å². The molecule has 312 valence electrons. The van der Waals surface area contributed by atoms with Gasteiger partial charge in [0.05, 0.1) is 11.4 Å². The van der Waals surface area contributed by atoms with Gasteiger partial charge in [-0.15, -0.1) is 0 Å².